The molecule has 2 N–H and O–H groups in total. The molecule has 2 saturated heterocycles. The molecule has 0 radical (unpaired) electrons. The maximum Gasteiger partial charge on any atom is 0.135 e. The van der Waals surface area contributed by atoms with Crippen LogP contribution in [-0.2, 0) is 11.3 Å². The molecule has 1 unspecified atom stereocenters. The molecule has 23 heavy (non-hydrogen) atoms. The molecule has 1 aromatic carbocycles. The van der Waals surface area contributed by atoms with Crippen molar-refractivity contribution in [3.63, 3.8) is 0 Å². The van der Waals surface area contributed by atoms with Gasteiger partial charge in [0.1, 0.15) is 5.82 Å². The molecule has 3 aliphatic heterocycles. The van der Waals surface area contributed by atoms with Crippen LogP contribution in [0, 0.1) is 0 Å². The molecule has 5 heteroatoms. The molecule has 4 heterocycles. The minimum absolute atomic E-state index is 0.0310. The van der Waals surface area contributed by atoms with Crippen LogP contribution in [-0.4, -0.2) is 29.8 Å². The van der Waals surface area contributed by atoms with Gasteiger partial charge in [0.2, 0.25) is 0 Å². The van der Waals surface area contributed by atoms with E-state index in [1.807, 2.05) is 12.3 Å². The van der Waals surface area contributed by atoms with E-state index in [0.29, 0.717) is 6.04 Å². The molecule has 0 saturated carbocycles. The van der Waals surface area contributed by atoms with Crippen molar-refractivity contribution in [3.8, 4) is 0 Å². The highest BCUT2D eigenvalue weighted by molar-refractivity contribution is 5.80. The Labute approximate surface area is 135 Å². The lowest BCUT2D eigenvalue weighted by atomic mass is 10.1. The van der Waals surface area contributed by atoms with E-state index in [9.17, 15) is 0 Å². The Hall–Kier alpha value is -2.27. The predicted octanol–water partition coefficient (Wildman–Crippen LogP) is 3.12. The summed E-state index contributed by atoms with van der Waals surface area (Å²) in [5.41, 5.74) is 4.70. The van der Waals surface area contributed by atoms with Gasteiger partial charge in [-0.2, -0.15) is 0 Å². The fourth-order valence-electron chi connectivity index (χ4n) is 3.99. The average molecular weight is 308 g/mol. The molecule has 2 atom stereocenters. The van der Waals surface area contributed by atoms with Gasteiger partial charge in [0, 0.05) is 37.0 Å². The van der Waals surface area contributed by atoms with Gasteiger partial charge in [-0.25, -0.2) is 4.98 Å². The SMILES string of the molecule is CC12C[C@@H](CO1)N(c1ccc3c(c1)NCc1cccnc1N3)C2. The van der Waals surface area contributed by atoms with E-state index >= 15 is 0 Å². The number of nitrogens with zero attached hydrogens (tertiary/aromatic N) is 2. The molecule has 5 rings (SSSR count). The summed E-state index contributed by atoms with van der Waals surface area (Å²) in [6.45, 7) is 4.83. The second-order valence-corrected chi connectivity index (χ2v) is 6.97. The monoisotopic (exact) mass is 308 g/mol. The second kappa shape index (κ2) is 4.61. The topological polar surface area (TPSA) is 49.4 Å². The van der Waals surface area contributed by atoms with E-state index < -0.39 is 0 Å². The van der Waals surface area contributed by atoms with Crippen LogP contribution in [0.1, 0.15) is 18.9 Å². The van der Waals surface area contributed by atoms with Crippen molar-refractivity contribution >= 4 is 22.9 Å². The minimum atomic E-state index is 0.0310. The first-order valence-corrected chi connectivity index (χ1v) is 8.20. The van der Waals surface area contributed by atoms with Gasteiger partial charge in [-0.1, -0.05) is 6.07 Å². The van der Waals surface area contributed by atoms with Crippen molar-refractivity contribution in [2.75, 3.05) is 28.7 Å². The maximum absolute atomic E-state index is 5.89. The summed E-state index contributed by atoms with van der Waals surface area (Å²) in [6.07, 6.45) is 2.96. The Kier molecular flexibility index (Phi) is 2.65. The van der Waals surface area contributed by atoms with E-state index in [1.165, 1.54) is 11.3 Å². The normalized spacial score (nSPS) is 27.7. The molecule has 0 amide bonds. The molecule has 118 valence electrons. The number of nitrogens with one attached hydrogen (secondary N) is 2. The number of hydrogen-bond donors (Lipinski definition) is 2. The van der Waals surface area contributed by atoms with Gasteiger partial charge in [-0.05, 0) is 31.2 Å². The van der Waals surface area contributed by atoms with Gasteiger partial charge >= 0.3 is 0 Å². The number of anilines is 4. The molecule has 1 aromatic heterocycles. The van der Waals surface area contributed by atoms with Crippen molar-refractivity contribution in [1.29, 1.82) is 0 Å². The van der Waals surface area contributed by atoms with E-state index in [1.54, 1.807) is 0 Å². The molecule has 2 fully saturated rings. The third-order valence-electron chi connectivity index (χ3n) is 5.19. The lowest BCUT2D eigenvalue weighted by Gasteiger charge is -2.32. The molecule has 2 bridgehead atoms. The summed E-state index contributed by atoms with van der Waals surface area (Å²) in [4.78, 5) is 6.93. The van der Waals surface area contributed by atoms with Crippen molar-refractivity contribution in [1.82, 2.24) is 4.98 Å². The van der Waals surface area contributed by atoms with Gasteiger partial charge in [-0.15, -0.1) is 0 Å². The Balaban J connectivity index is 1.48. The first-order valence-electron chi connectivity index (χ1n) is 8.20. The van der Waals surface area contributed by atoms with E-state index in [-0.39, 0.29) is 5.60 Å². The number of benzene rings is 1. The van der Waals surface area contributed by atoms with Crippen LogP contribution < -0.4 is 15.5 Å². The highest BCUT2D eigenvalue weighted by atomic mass is 16.5. The number of hydrogen-bond acceptors (Lipinski definition) is 5. The number of aromatic nitrogens is 1. The lowest BCUT2D eigenvalue weighted by molar-refractivity contribution is 0.0169. The summed E-state index contributed by atoms with van der Waals surface area (Å²) in [7, 11) is 0. The second-order valence-electron chi connectivity index (χ2n) is 6.97. The number of morpholine rings is 1. The van der Waals surface area contributed by atoms with Crippen molar-refractivity contribution < 1.29 is 4.74 Å². The highest BCUT2D eigenvalue weighted by Gasteiger charge is 2.47. The van der Waals surface area contributed by atoms with Crippen LogP contribution in [0.25, 0.3) is 0 Å². The molecule has 3 aliphatic rings. The number of fused-ring (bicyclic) bond motifs is 4. The van der Waals surface area contributed by atoms with Crippen LogP contribution >= 0.6 is 0 Å². The zero-order valence-electron chi connectivity index (χ0n) is 13.2. The van der Waals surface area contributed by atoms with Crippen molar-refractivity contribution in [2.45, 2.75) is 31.5 Å². The summed E-state index contributed by atoms with van der Waals surface area (Å²) in [5.74, 6) is 0.938. The van der Waals surface area contributed by atoms with Crippen LogP contribution in [0.2, 0.25) is 0 Å². The summed E-state index contributed by atoms with van der Waals surface area (Å²) < 4.78 is 5.89. The number of ether oxygens (including phenoxy) is 1. The Bertz CT molecular complexity index is 777. The average Bonchev–Trinajstić information content (AvgIpc) is 3.04. The molecule has 0 spiro atoms. The molecule has 2 aromatic rings. The van der Waals surface area contributed by atoms with Gasteiger partial charge in [0.05, 0.1) is 29.6 Å². The predicted molar refractivity (Wildman–Crippen MR) is 91.4 cm³/mol. The smallest absolute Gasteiger partial charge is 0.135 e. The van der Waals surface area contributed by atoms with Gasteiger partial charge in [0.15, 0.2) is 0 Å². The van der Waals surface area contributed by atoms with E-state index in [4.69, 9.17) is 4.74 Å². The fourth-order valence-corrected chi connectivity index (χ4v) is 3.99. The molecular weight excluding hydrogens is 288 g/mol. The Morgan fingerprint density at radius 3 is 3.09 bits per heavy atom. The minimum Gasteiger partial charge on any atom is -0.379 e. The summed E-state index contributed by atoms with van der Waals surface area (Å²) in [6, 6.07) is 11.2. The van der Waals surface area contributed by atoms with E-state index in [2.05, 4.69) is 51.7 Å². The standard InChI is InChI=1S/C18H20N4O/c1-18-8-14(10-23-18)22(11-18)13-4-5-15-16(7-13)20-9-12-3-2-6-19-17(12)21-15/h2-7,14,20H,8-11H2,1H3,(H,19,21)/t14-,18?/m0/s1. The molecule has 5 nitrogen and oxygen atoms in total. The lowest BCUT2D eigenvalue weighted by Crippen LogP contribution is -2.41. The van der Waals surface area contributed by atoms with Crippen LogP contribution in [0.5, 0.6) is 0 Å². The van der Waals surface area contributed by atoms with Crippen molar-refractivity contribution in [2.24, 2.45) is 0 Å². The third kappa shape index (κ3) is 2.07. The van der Waals surface area contributed by atoms with Crippen LogP contribution in [0.4, 0.5) is 22.9 Å². The quantitative estimate of drug-likeness (QED) is 0.848. The Morgan fingerprint density at radius 2 is 2.26 bits per heavy atom. The van der Waals surface area contributed by atoms with Crippen LogP contribution in [0.3, 0.4) is 0 Å². The van der Waals surface area contributed by atoms with E-state index in [0.717, 1.165) is 43.3 Å². The fraction of sp³-hybridized carbons (Fsp3) is 0.389. The zero-order valence-corrected chi connectivity index (χ0v) is 13.2. The number of rotatable bonds is 1. The zero-order chi connectivity index (χ0) is 15.4. The maximum atomic E-state index is 5.89. The molecular formula is C18H20N4O. The third-order valence-corrected chi connectivity index (χ3v) is 5.19. The molecule has 0 aliphatic carbocycles. The summed E-state index contributed by atoms with van der Waals surface area (Å²) >= 11 is 0. The number of pyridine rings is 1. The van der Waals surface area contributed by atoms with Gasteiger partial charge in [0.25, 0.3) is 0 Å². The van der Waals surface area contributed by atoms with Crippen molar-refractivity contribution in [3.05, 3.63) is 42.1 Å². The first-order chi connectivity index (χ1) is 11.2. The van der Waals surface area contributed by atoms with Gasteiger partial charge < -0.3 is 20.3 Å². The largest absolute Gasteiger partial charge is 0.379 e. The Morgan fingerprint density at radius 1 is 1.30 bits per heavy atom. The first kappa shape index (κ1) is 13.2. The van der Waals surface area contributed by atoms with Crippen LogP contribution in [0.15, 0.2) is 36.5 Å². The van der Waals surface area contributed by atoms with Gasteiger partial charge in [-0.3, -0.25) is 0 Å². The highest BCUT2D eigenvalue weighted by Crippen LogP contribution is 2.42. The summed E-state index contributed by atoms with van der Waals surface area (Å²) in [5, 5.41) is 6.98.